The molecule has 2 aliphatic carbocycles. The first-order valence-corrected chi connectivity index (χ1v) is 7.51. The van der Waals surface area contributed by atoms with Crippen molar-refractivity contribution in [2.45, 2.75) is 52.6 Å². The fourth-order valence-corrected chi connectivity index (χ4v) is 2.91. The highest BCUT2D eigenvalue weighted by Crippen LogP contribution is 2.40. The molecule has 0 spiro atoms. The number of carbonyl (C=O) groups is 1. The Morgan fingerprint density at radius 3 is 2.85 bits per heavy atom. The first-order valence-electron chi connectivity index (χ1n) is 7.51. The minimum Gasteiger partial charge on any atom is -0.455 e. The Bertz CT molecular complexity index is 447. The third-order valence-electron chi connectivity index (χ3n) is 4.47. The minimum atomic E-state index is -0.839. The van der Waals surface area contributed by atoms with Gasteiger partial charge in [-0.15, -0.1) is 0 Å². The van der Waals surface area contributed by atoms with Gasteiger partial charge < -0.3 is 9.84 Å². The van der Waals surface area contributed by atoms with Gasteiger partial charge in [0, 0.05) is 0 Å². The number of carbonyl (C=O) groups excluding carboxylic acids is 1. The number of allylic oxidation sites excluding steroid dienone is 3. The number of esters is 1. The molecular formula is C17H26O3. The van der Waals surface area contributed by atoms with E-state index in [-0.39, 0.29) is 12.6 Å². The highest BCUT2D eigenvalue weighted by molar-refractivity contribution is 5.76. The molecular weight excluding hydrogens is 252 g/mol. The van der Waals surface area contributed by atoms with Crippen LogP contribution >= 0.6 is 0 Å². The van der Waals surface area contributed by atoms with Crippen LogP contribution in [0.5, 0.6) is 0 Å². The van der Waals surface area contributed by atoms with Crippen molar-refractivity contribution in [1.29, 1.82) is 0 Å². The van der Waals surface area contributed by atoms with Gasteiger partial charge in [-0.05, 0) is 63.5 Å². The van der Waals surface area contributed by atoms with E-state index in [0.29, 0.717) is 11.8 Å². The molecule has 0 unspecified atom stereocenters. The first kappa shape index (κ1) is 15.3. The molecule has 2 aliphatic rings. The first-order chi connectivity index (χ1) is 9.26. The SMILES string of the molecule is C[C@H]1C=C2C=C[C@@](C)(OC(=O)C(C)(C)CO)C[C@@H]2CC1. The van der Waals surface area contributed by atoms with Crippen molar-refractivity contribution in [3.8, 4) is 0 Å². The maximum absolute atomic E-state index is 12.2. The normalized spacial score (nSPS) is 33.4. The molecule has 0 bridgehead atoms. The third-order valence-corrected chi connectivity index (χ3v) is 4.47. The average Bonchev–Trinajstić information content (AvgIpc) is 2.39. The summed E-state index contributed by atoms with van der Waals surface area (Å²) in [5.41, 5.74) is -0.00106. The molecule has 2 rings (SSSR count). The van der Waals surface area contributed by atoms with Gasteiger partial charge in [-0.1, -0.05) is 19.1 Å². The van der Waals surface area contributed by atoms with E-state index in [1.54, 1.807) is 13.8 Å². The van der Waals surface area contributed by atoms with Gasteiger partial charge >= 0.3 is 5.97 Å². The molecule has 0 radical (unpaired) electrons. The largest absolute Gasteiger partial charge is 0.455 e. The topological polar surface area (TPSA) is 46.5 Å². The number of ether oxygens (including phenoxy) is 1. The summed E-state index contributed by atoms with van der Waals surface area (Å²) in [6, 6.07) is 0. The van der Waals surface area contributed by atoms with E-state index in [4.69, 9.17) is 4.74 Å². The monoisotopic (exact) mass is 278 g/mol. The van der Waals surface area contributed by atoms with Gasteiger partial charge in [0.25, 0.3) is 0 Å². The van der Waals surface area contributed by atoms with Gasteiger partial charge in [0.2, 0.25) is 0 Å². The predicted octanol–water partition coefficient (Wildman–Crippen LogP) is 3.24. The summed E-state index contributed by atoms with van der Waals surface area (Å²) in [5.74, 6) is 0.807. The molecule has 0 amide bonds. The zero-order chi connectivity index (χ0) is 15.0. The molecule has 112 valence electrons. The van der Waals surface area contributed by atoms with Crippen LogP contribution < -0.4 is 0 Å². The Morgan fingerprint density at radius 1 is 1.50 bits per heavy atom. The highest BCUT2D eigenvalue weighted by atomic mass is 16.6. The lowest BCUT2D eigenvalue weighted by molar-refractivity contribution is -0.168. The van der Waals surface area contributed by atoms with Crippen molar-refractivity contribution in [2.24, 2.45) is 17.3 Å². The molecule has 3 nitrogen and oxygen atoms in total. The Labute approximate surface area is 121 Å². The second-order valence-corrected chi connectivity index (χ2v) is 7.20. The van der Waals surface area contributed by atoms with Crippen LogP contribution in [0, 0.1) is 17.3 Å². The van der Waals surface area contributed by atoms with Gasteiger partial charge in [-0.3, -0.25) is 4.79 Å². The van der Waals surface area contributed by atoms with Crippen LogP contribution in [0.15, 0.2) is 23.8 Å². The quantitative estimate of drug-likeness (QED) is 0.806. The molecule has 0 aromatic heterocycles. The van der Waals surface area contributed by atoms with Gasteiger partial charge in [-0.25, -0.2) is 0 Å². The molecule has 1 N–H and O–H groups in total. The standard InChI is InChI=1S/C17H26O3/c1-12-5-6-14-10-17(4,8-7-13(14)9-12)20-15(19)16(2,3)11-18/h7-9,12,14,18H,5-6,10-11H2,1-4H3/t12-,14+,17-/m1/s1. The van der Waals surface area contributed by atoms with E-state index in [2.05, 4.69) is 19.1 Å². The van der Waals surface area contributed by atoms with Crippen LogP contribution in [-0.4, -0.2) is 23.3 Å². The van der Waals surface area contributed by atoms with E-state index in [0.717, 1.165) is 12.8 Å². The van der Waals surface area contributed by atoms with Crippen molar-refractivity contribution in [3.05, 3.63) is 23.8 Å². The maximum Gasteiger partial charge on any atom is 0.314 e. The van der Waals surface area contributed by atoms with Gasteiger partial charge in [0.1, 0.15) is 5.60 Å². The van der Waals surface area contributed by atoms with Crippen molar-refractivity contribution in [3.63, 3.8) is 0 Å². The average molecular weight is 278 g/mol. The zero-order valence-electron chi connectivity index (χ0n) is 13.0. The summed E-state index contributed by atoms with van der Waals surface area (Å²) in [7, 11) is 0. The second kappa shape index (κ2) is 5.36. The fraction of sp³-hybridized carbons (Fsp3) is 0.706. The van der Waals surface area contributed by atoms with E-state index in [1.807, 2.05) is 13.0 Å². The van der Waals surface area contributed by atoms with Crippen LogP contribution in [0.1, 0.15) is 47.0 Å². The fourth-order valence-electron chi connectivity index (χ4n) is 2.91. The van der Waals surface area contributed by atoms with E-state index >= 15 is 0 Å². The predicted molar refractivity (Wildman–Crippen MR) is 79.1 cm³/mol. The summed E-state index contributed by atoms with van der Waals surface area (Å²) in [6.45, 7) is 7.42. The molecule has 0 saturated heterocycles. The number of aliphatic hydroxyl groups is 1. The molecule has 0 aromatic carbocycles. The Balaban J connectivity index is 2.12. The Hall–Kier alpha value is -1.09. The smallest absolute Gasteiger partial charge is 0.314 e. The molecule has 0 aliphatic heterocycles. The molecule has 0 fully saturated rings. The summed E-state index contributed by atoms with van der Waals surface area (Å²) >= 11 is 0. The molecule has 0 saturated carbocycles. The van der Waals surface area contributed by atoms with Crippen LogP contribution in [0.3, 0.4) is 0 Å². The van der Waals surface area contributed by atoms with Crippen molar-refractivity contribution in [2.75, 3.05) is 6.61 Å². The summed E-state index contributed by atoms with van der Waals surface area (Å²) in [6.07, 6.45) is 9.66. The lowest BCUT2D eigenvalue weighted by Crippen LogP contribution is -2.41. The maximum atomic E-state index is 12.2. The molecule has 3 atom stereocenters. The lowest BCUT2D eigenvalue weighted by Gasteiger charge is -2.39. The zero-order valence-corrected chi connectivity index (χ0v) is 13.0. The van der Waals surface area contributed by atoms with Crippen LogP contribution in [0.25, 0.3) is 0 Å². The van der Waals surface area contributed by atoms with Crippen molar-refractivity contribution in [1.82, 2.24) is 0 Å². The Morgan fingerprint density at radius 2 is 2.20 bits per heavy atom. The summed E-state index contributed by atoms with van der Waals surface area (Å²) < 4.78 is 5.70. The second-order valence-electron chi connectivity index (χ2n) is 7.20. The number of rotatable bonds is 3. The van der Waals surface area contributed by atoms with Crippen LogP contribution in [0.4, 0.5) is 0 Å². The number of aliphatic hydroxyl groups excluding tert-OH is 1. The van der Waals surface area contributed by atoms with Crippen LogP contribution in [-0.2, 0) is 9.53 Å². The molecule has 20 heavy (non-hydrogen) atoms. The highest BCUT2D eigenvalue weighted by Gasteiger charge is 2.39. The summed E-state index contributed by atoms with van der Waals surface area (Å²) in [4.78, 5) is 12.2. The van der Waals surface area contributed by atoms with Gasteiger partial charge in [0.15, 0.2) is 0 Å². The molecule has 0 aromatic rings. The molecule has 3 heteroatoms. The lowest BCUT2D eigenvalue weighted by atomic mass is 9.73. The van der Waals surface area contributed by atoms with Crippen molar-refractivity contribution < 1.29 is 14.6 Å². The van der Waals surface area contributed by atoms with E-state index in [1.165, 1.54) is 12.0 Å². The molecule has 0 heterocycles. The van der Waals surface area contributed by atoms with Gasteiger partial charge in [0.05, 0.1) is 12.0 Å². The van der Waals surface area contributed by atoms with E-state index in [9.17, 15) is 9.90 Å². The van der Waals surface area contributed by atoms with Crippen molar-refractivity contribution >= 4 is 5.97 Å². The number of hydrogen-bond acceptors (Lipinski definition) is 3. The third kappa shape index (κ3) is 3.14. The number of hydrogen-bond donors (Lipinski definition) is 1. The minimum absolute atomic E-state index is 0.197. The number of fused-ring (bicyclic) bond motifs is 1. The van der Waals surface area contributed by atoms with E-state index < -0.39 is 11.0 Å². The summed E-state index contributed by atoms with van der Waals surface area (Å²) in [5, 5.41) is 9.27. The Kier molecular flexibility index (Phi) is 4.10. The van der Waals surface area contributed by atoms with Crippen LogP contribution in [0.2, 0.25) is 0 Å². The van der Waals surface area contributed by atoms with Gasteiger partial charge in [-0.2, -0.15) is 0 Å².